The number of hydrogen-bond acceptors (Lipinski definition) is 5. The highest BCUT2D eigenvalue weighted by Crippen LogP contribution is 2.27. The van der Waals surface area contributed by atoms with E-state index in [1.807, 2.05) is 43.3 Å². The molecule has 5 aromatic rings. The van der Waals surface area contributed by atoms with Gasteiger partial charge in [0.1, 0.15) is 0 Å². The molecule has 0 heterocycles. The van der Waals surface area contributed by atoms with Gasteiger partial charge in [0.25, 0.3) is 26.0 Å². The maximum absolute atomic E-state index is 13.1. The van der Waals surface area contributed by atoms with Crippen molar-refractivity contribution >= 4 is 53.8 Å². The molecule has 208 valence electrons. The molecule has 0 unspecified atom stereocenters. The average Bonchev–Trinajstić information content (AvgIpc) is 2.93. The van der Waals surface area contributed by atoms with Gasteiger partial charge >= 0.3 is 0 Å². The summed E-state index contributed by atoms with van der Waals surface area (Å²) in [6.07, 6.45) is 0. The minimum absolute atomic E-state index is 0.0207. The van der Waals surface area contributed by atoms with Gasteiger partial charge in [-0.15, -0.1) is 0 Å². The van der Waals surface area contributed by atoms with Crippen LogP contribution in [0.15, 0.2) is 119 Å². The lowest BCUT2D eigenvalue weighted by atomic mass is 10.1. The van der Waals surface area contributed by atoms with Crippen molar-refractivity contribution in [3.05, 3.63) is 126 Å². The van der Waals surface area contributed by atoms with Gasteiger partial charge < -0.3 is 5.32 Å². The first-order chi connectivity index (χ1) is 19.5. The van der Waals surface area contributed by atoms with E-state index >= 15 is 0 Å². The van der Waals surface area contributed by atoms with E-state index in [1.54, 1.807) is 43.3 Å². The number of anilines is 3. The van der Waals surface area contributed by atoms with Crippen molar-refractivity contribution in [1.29, 1.82) is 0 Å². The zero-order valence-corrected chi connectivity index (χ0v) is 23.9. The third-order valence-corrected chi connectivity index (χ3v) is 9.37. The zero-order chi connectivity index (χ0) is 29.2. The Morgan fingerprint density at radius 3 is 2.10 bits per heavy atom. The van der Waals surface area contributed by atoms with E-state index in [4.69, 9.17) is 0 Å². The Kier molecular flexibility index (Phi) is 7.53. The van der Waals surface area contributed by atoms with Gasteiger partial charge in [0.15, 0.2) is 0 Å². The third kappa shape index (κ3) is 6.24. The molecule has 0 aromatic heterocycles. The number of aryl methyl sites for hydroxylation is 2. The predicted molar refractivity (Wildman–Crippen MR) is 162 cm³/mol. The van der Waals surface area contributed by atoms with Crippen molar-refractivity contribution in [1.82, 2.24) is 0 Å². The molecule has 0 aliphatic heterocycles. The van der Waals surface area contributed by atoms with Crippen LogP contribution in [0.1, 0.15) is 21.5 Å². The quantitative estimate of drug-likeness (QED) is 0.197. The number of fused-ring (bicyclic) bond motifs is 1. The van der Waals surface area contributed by atoms with Crippen LogP contribution in [0, 0.1) is 13.8 Å². The number of rotatable bonds is 8. The summed E-state index contributed by atoms with van der Waals surface area (Å²) in [6.45, 7) is 3.51. The molecule has 0 spiro atoms. The molecule has 0 aliphatic rings. The Hall–Kier alpha value is -4.67. The topological polar surface area (TPSA) is 121 Å². The predicted octanol–water partition coefficient (Wildman–Crippen LogP) is 6.31. The van der Waals surface area contributed by atoms with Gasteiger partial charge in [-0.3, -0.25) is 14.2 Å². The van der Waals surface area contributed by atoms with Gasteiger partial charge in [-0.05, 0) is 85.0 Å². The van der Waals surface area contributed by atoms with Crippen LogP contribution in [0.4, 0.5) is 17.1 Å². The maximum Gasteiger partial charge on any atom is 0.262 e. The van der Waals surface area contributed by atoms with Gasteiger partial charge in [0.2, 0.25) is 0 Å². The first kappa shape index (κ1) is 27.9. The Balaban J connectivity index is 1.32. The van der Waals surface area contributed by atoms with Crippen LogP contribution in [0.25, 0.3) is 10.8 Å². The number of sulfonamides is 2. The molecular weight excluding hydrogens is 558 g/mol. The van der Waals surface area contributed by atoms with Crippen molar-refractivity contribution in [3.8, 4) is 0 Å². The highest BCUT2D eigenvalue weighted by molar-refractivity contribution is 7.93. The molecule has 0 atom stereocenters. The minimum atomic E-state index is -3.95. The molecule has 8 nitrogen and oxygen atoms in total. The van der Waals surface area contributed by atoms with E-state index in [-0.39, 0.29) is 15.4 Å². The largest absolute Gasteiger partial charge is 0.322 e. The van der Waals surface area contributed by atoms with Crippen LogP contribution in [0.3, 0.4) is 0 Å². The minimum Gasteiger partial charge on any atom is -0.322 e. The number of carbonyl (C=O) groups excluding carboxylic acids is 1. The molecule has 5 rings (SSSR count). The lowest BCUT2D eigenvalue weighted by Gasteiger charge is -2.13. The van der Waals surface area contributed by atoms with Crippen molar-refractivity contribution in [2.75, 3.05) is 14.8 Å². The molecule has 41 heavy (non-hydrogen) atoms. The lowest BCUT2D eigenvalue weighted by Crippen LogP contribution is -2.17. The molecule has 3 N–H and O–H groups in total. The van der Waals surface area contributed by atoms with E-state index in [0.717, 1.165) is 16.3 Å². The summed E-state index contributed by atoms with van der Waals surface area (Å²) in [7, 11) is -7.85. The second-order valence-corrected chi connectivity index (χ2v) is 12.9. The number of carbonyl (C=O) groups is 1. The summed E-state index contributed by atoms with van der Waals surface area (Å²) in [4.78, 5) is 13.0. The summed E-state index contributed by atoms with van der Waals surface area (Å²) in [5, 5.41) is 4.38. The van der Waals surface area contributed by atoms with Crippen LogP contribution in [-0.4, -0.2) is 22.7 Å². The van der Waals surface area contributed by atoms with Crippen LogP contribution in [0.2, 0.25) is 0 Å². The van der Waals surface area contributed by atoms with Gasteiger partial charge in [-0.2, -0.15) is 0 Å². The van der Waals surface area contributed by atoms with E-state index in [9.17, 15) is 21.6 Å². The fourth-order valence-corrected chi connectivity index (χ4v) is 6.79. The maximum atomic E-state index is 13.1. The van der Waals surface area contributed by atoms with E-state index < -0.39 is 26.0 Å². The Bertz CT molecular complexity index is 1980. The standard InChI is InChI=1S/C31H27N3O5S2/c1-21-7-5-10-26(19-21)33-41(38,39)30-20-24(14-13-22(30)2)31(35)32-25-15-17-27(18-16-25)40(36,37)34-29-12-6-9-23-8-3-4-11-28(23)29/h3-20,33-34H,1-2H3,(H,32,35). The molecule has 0 bridgehead atoms. The Labute approximate surface area is 239 Å². The third-order valence-electron chi connectivity index (χ3n) is 6.47. The van der Waals surface area contributed by atoms with Crippen LogP contribution >= 0.6 is 0 Å². The number of nitrogens with one attached hydrogen (secondary N) is 3. The lowest BCUT2D eigenvalue weighted by molar-refractivity contribution is 0.102. The number of amides is 1. The summed E-state index contributed by atoms with van der Waals surface area (Å²) in [5.41, 5.74) is 2.75. The summed E-state index contributed by atoms with van der Waals surface area (Å²) < 4.78 is 57.5. The molecule has 0 saturated heterocycles. The van der Waals surface area contributed by atoms with Crippen molar-refractivity contribution in [2.45, 2.75) is 23.6 Å². The fourth-order valence-electron chi connectivity index (χ4n) is 4.39. The first-order valence-corrected chi connectivity index (χ1v) is 15.6. The molecule has 0 fully saturated rings. The van der Waals surface area contributed by atoms with Gasteiger partial charge in [0.05, 0.1) is 15.5 Å². The normalized spacial score (nSPS) is 11.7. The first-order valence-electron chi connectivity index (χ1n) is 12.6. The average molecular weight is 586 g/mol. The monoisotopic (exact) mass is 585 g/mol. The number of hydrogen-bond donors (Lipinski definition) is 3. The van der Waals surface area contributed by atoms with Crippen molar-refractivity contribution in [3.63, 3.8) is 0 Å². The van der Waals surface area contributed by atoms with E-state index in [1.165, 1.54) is 36.4 Å². The molecule has 10 heteroatoms. The smallest absolute Gasteiger partial charge is 0.262 e. The Morgan fingerprint density at radius 2 is 1.34 bits per heavy atom. The van der Waals surface area contributed by atoms with E-state index in [2.05, 4.69) is 14.8 Å². The molecule has 0 aliphatic carbocycles. The second-order valence-electron chi connectivity index (χ2n) is 9.57. The fraction of sp³-hybridized carbons (Fsp3) is 0.0645. The molecular formula is C31H27N3O5S2. The molecule has 0 saturated carbocycles. The van der Waals surface area contributed by atoms with Gasteiger partial charge in [-0.25, -0.2) is 16.8 Å². The van der Waals surface area contributed by atoms with Crippen molar-refractivity contribution < 1.29 is 21.6 Å². The summed E-state index contributed by atoms with van der Waals surface area (Å²) in [6, 6.07) is 29.9. The van der Waals surface area contributed by atoms with E-state index in [0.29, 0.717) is 22.6 Å². The van der Waals surface area contributed by atoms with Gasteiger partial charge in [-0.1, -0.05) is 54.6 Å². The number of benzene rings is 5. The van der Waals surface area contributed by atoms with Crippen LogP contribution in [-0.2, 0) is 20.0 Å². The summed E-state index contributed by atoms with van der Waals surface area (Å²) >= 11 is 0. The molecule has 1 amide bonds. The molecule has 0 radical (unpaired) electrons. The van der Waals surface area contributed by atoms with Gasteiger partial charge in [0, 0.05) is 22.3 Å². The van der Waals surface area contributed by atoms with Crippen LogP contribution < -0.4 is 14.8 Å². The van der Waals surface area contributed by atoms with Crippen LogP contribution in [0.5, 0.6) is 0 Å². The SMILES string of the molecule is Cc1cccc(NS(=O)(=O)c2cc(C(=O)Nc3ccc(S(=O)(=O)Nc4cccc5ccccc45)cc3)ccc2C)c1. The Morgan fingerprint density at radius 1 is 0.634 bits per heavy atom. The zero-order valence-electron chi connectivity index (χ0n) is 22.3. The summed E-state index contributed by atoms with van der Waals surface area (Å²) in [5.74, 6) is -0.540. The molecule has 5 aromatic carbocycles. The highest BCUT2D eigenvalue weighted by atomic mass is 32.2. The second kappa shape index (κ2) is 11.1. The van der Waals surface area contributed by atoms with Crippen molar-refractivity contribution in [2.24, 2.45) is 0 Å². The highest BCUT2D eigenvalue weighted by Gasteiger charge is 2.20.